The second-order valence-corrected chi connectivity index (χ2v) is 6.96. The molecule has 0 bridgehead atoms. The molecule has 7 heteroatoms. The summed E-state index contributed by atoms with van der Waals surface area (Å²) in [5.74, 6) is -0.486. The van der Waals surface area contributed by atoms with Gasteiger partial charge in [-0.3, -0.25) is 5.10 Å². The Morgan fingerprint density at radius 3 is 2.50 bits per heavy atom. The molecule has 1 heterocycles. The van der Waals surface area contributed by atoms with Gasteiger partial charge in [0.1, 0.15) is 5.82 Å². The van der Waals surface area contributed by atoms with Crippen molar-refractivity contribution in [3.05, 3.63) is 52.8 Å². The van der Waals surface area contributed by atoms with Crippen molar-refractivity contribution in [1.29, 1.82) is 0 Å². The molecule has 3 rings (SSSR count). The summed E-state index contributed by atoms with van der Waals surface area (Å²) in [5, 5.41) is 7.00. The van der Waals surface area contributed by atoms with Crippen LogP contribution < -0.4 is 0 Å². The van der Waals surface area contributed by atoms with E-state index in [1.165, 1.54) is 12.1 Å². The third kappa shape index (κ3) is 2.12. The number of aromatic nitrogens is 2. The van der Waals surface area contributed by atoms with Gasteiger partial charge in [-0.1, -0.05) is 15.9 Å². The SMILES string of the molecule is O=S(=O)(c1ccc(F)cc1)c1n[nH]c2cc(Br)ccc12. The van der Waals surface area contributed by atoms with Crippen LogP contribution in [0.4, 0.5) is 4.39 Å². The summed E-state index contributed by atoms with van der Waals surface area (Å²) in [5.41, 5.74) is 0.611. The summed E-state index contributed by atoms with van der Waals surface area (Å²) in [4.78, 5) is 0.00946. The van der Waals surface area contributed by atoms with Crippen molar-refractivity contribution >= 4 is 36.7 Å². The first-order valence-corrected chi connectivity index (χ1v) is 7.90. The Labute approximate surface area is 122 Å². The van der Waals surface area contributed by atoms with Crippen LogP contribution in [0.1, 0.15) is 0 Å². The normalized spacial score (nSPS) is 11.9. The number of hydrogen-bond donors (Lipinski definition) is 1. The lowest BCUT2D eigenvalue weighted by atomic mass is 10.3. The van der Waals surface area contributed by atoms with E-state index in [4.69, 9.17) is 0 Å². The molecular formula is C13H8BrFN2O2S. The molecule has 20 heavy (non-hydrogen) atoms. The molecule has 0 spiro atoms. The average Bonchev–Trinajstić information content (AvgIpc) is 2.82. The Morgan fingerprint density at radius 2 is 1.80 bits per heavy atom. The van der Waals surface area contributed by atoms with Crippen LogP contribution in [-0.2, 0) is 9.84 Å². The molecular weight excluding hydrogens is 347 g/mol. The summed E-state index contributed by atoms with van der Waals surface area (Å²) in [7, 11) is -3.78. The zero-order valence-corrected chi connectivity index (χ0v) is 12.4. The van der Waals surface area contributed by atoms with E-state index in [9.17, 15) is 12.8 Å². The van der Waals surface area contributed by atoms with E-state index in [1.54, 1.807) is 18.2 Å². The third-order valence-corrected chi connectivity index (χ3v) is 5.07. The van der Waals surface area contributed by atoms with E-state index in [2.05, 4.69) is 26.1 Å². The third-order valence-electron chi connectivity index (χ3n) is 2.87. The number of halogens is 2. The highest BCUT2D eigenvalue weighted by molar-refractivity contribution is 9.10. The fourth-order valence-electron chi connectivity index (χ4n) is 1.90. The van der Waals surface area contributed by atoms with Crippen molar-refractivity contribution in [3.63, 3.8) is 0 Å². The predicted octanol–water partition coefficient (Wildman–Crippen LogP) is 3.30. The van der Waals surface area contributed by atoms with Gasteiger partial charge in [-0.05, 0) is 42.5 Å². The number of rotatable bonds is 2. The Kier molecular flexibility index (Phi) is 3.10. The van der Waals surface area contributed by atoms with Gasteiger partial charge in [0.05, 0.1) is 10.4 Å². The average molecular weight is 355 g/mol. The number of H-pyrrole nitrogens is 1. The van der Waals surface area contributed by atoms with Gasteiger partial charge in [0.15, 0.2) is 5.03 Å². The molecule has 1 aromatic heterocycles. The second-order valence-electron chi connectivity index (χ2n) is 4.18. The molecule has 4 nitrogen and oxygen atoms in total. The highest BCUT2D eigenvalue weighted by Gasteiger charge is 2.23. The van der Waals surface area contributed by atoms with Gasteiger partial charge in [-0.15, -0.1) is 0 Å². The summed E-state index contributed by atoms with van der Waals surface area (Å²) < 4.78 is 38.7. The molecule has 102 valence electrons. The molecule has 0 unspecified atom stereocenters. The summed E-state index contributed by atoms with van der Waals surface area (Å²) in [6.07, 6.45) is 0. The number of aromatic amines is 1. The quantitative estimate of drug-likeness (QED) is 0.718. The first-order chi connectivity index (χ1) is 9.48. The van der Waals surface area contributed by atoms with Crippen LogP contribution in [0.2, 0.25) is 0 Å². The van der Waals surface area contributed by atoms with Gasteiger partial charge >= 0.3 is 0 Å². The van der Waals surface area contributed by atoms with Gasteiger partial charge < -0.3 is 0 Å². The van der Waals surface area contributed by atoms with E-state index in [0.29, 0.717) is 10.9 Å². The summed E-state index contributed by atoms with van der Waals surface area (Å²) in [6, 6.07) is 9.82. The predicted molar refractivity (Wildman–Crippen MR) is 75.6 cm³/mol. The van der Waals surface area contributed by atoms with Crippen LogP contribution in [0.3, 0.4) is 0 Å². The minimum absolute atomic E-state index is 0.00946. The maximum Gasteiger partial charge on any atom is 0.226 e. The van der Waals surface area contributed by atoms with Crippen LogP contribution >= 0.6 is 15.9 Å². The number of benzene rings is 2. The first-order valence-electron chi connectivity index (χ1n) is 5.63. The van der Waals surface area contributed by atoms with E-state index in [0.717, 1.165) is 16.6 Å². The van der Waals surface area contributed by atoms with Gasteiger partial charge in [0.2, 0.25) is 9.84 Å². The van der Waals surface area contributed by atoms with Crippen LogP contribution in [0.25, 0.3) is 10.9 Å². The molecule has 0 saturated carbocycles. The van der Waals surface area contributed by atoms with E-state index < -0.39 is 15.7 Å². The van der Waals surface area contributed by atoms with Crippen molar-refractivity contribution < 1.29 is 12.8 Å². The highest BCUT2D eigenvalue weighted by atomic mass is 79.9. The van der Waals surface area contributed by atoms with E-state index >= 15 is 0 Å². The topological polar surface area (TPSA) is 62.8 Å². The number of sulfone groups is 1. The largest absolute Gasteiger partial charge is 0.276 e. The van der Waals surface area contributed by atoms with Gasteiger partial charge in [-0.2, -0.15) is 5.10 Å². The Hall–Kier alpha value is -1.73. The molecule has 0 radical (unpaired) electrons. The maximum absolute atomic E-state index is 12.9. The van der Waals surface area contributed by atoms with Crippen molar-refractivity contribution in [2.45, 2.75) is 9.92 Å². The number of nitrogens with one attached hydrogen (secondary N) is 1. The molecule has 0 atom stereocenters. The molecule has 0 aliphatic heterocycles. The second kappa shape index (κ2) is 4.68. The number of fused-ring (bicyclic) bond motifs is 1. The lowest BCUT2D eigenvalue weighted by Gasteiger charge is -2.01. The number of nitrogens with zero attached hydrogens (tertiary/aromatic N) is 1. The first kappa shape index (κ1) is 13.3. The summed E-state index contributed by atoms with van der Waals surface area (Å²) >= 11 is 3.31. The molecule has 0 saturated heterocycles. The Morgan fingerprint density at radius 1 is 1.10 bits per heavy atom. The Balaban J connectivity index is 2.21. The Bertz CT molecular complexity index is 888. The lowest BCUT2D eigenvalue weighted by Crippen LogP contribution is -2.03. The highest BCUT2D eigenvalue weighted by Crippen LogP contribution is 2.27. The van der Waals surface area contributed by atoms with Crippen molar-refractivity contribution in [2.24, 2.45) is 0 Å². The van der Waals surface area contributed by atoms with Crippen molar-refractivity contribution in [1.82, 2.24) is 10.2 Å². The molecule has 3 aromatic rings. The number of hydrogen-bond acceptors (Lipinski definition) is 3. The monoisotopic (exact) mass is 354 g/mol. The molecule has 1 N–H and O–H groups in total. The fraction of sp³-hybridized carbons (Fsp3) is 0. The van der Waals surface area contributed by atoms with Crippen LogP contribution in [0.5, 0.6) is 0 Å². The molecule has 0 aliphatic rings. The van der Waals surface area contributed by atoms with Gasteiger partial charge in [0.25, 0.3) is 0 Å². The minimum atomic E-state index is -3.78. The minimum Gasteiger partial charge on any atom is -0.276 e. The molecule has 0 aliphatic carbocycles. The van der Waals surface area contributed by atoms with Gasteiger partial charge in [0, 0.05) is 9.86 Å². The van der Waals surface area contributed by atoms with Crippen LogP contribution in [-0.4, -0.2) is 18.6 Å². The van der Waals surface area contributed by atoms with Crippen molar-refractivity contribution in [3.8, 4) is 0 Å². The molecule has 0 amide bonds. The fourth-order valence-corrected chi connectivity index (χ4v) is 3.61. The molecule has 2 aromatic carbocycles. The standard InChI is InChI=1S/C13H8BrFN2O2S/c14-8-1-6-11-12(7-8)16-17-13(11)20(18,19)10-4-2-9(15)3-5-10/h1-7H,(H,16,17). The van der Waals surface area contributed by atoms with E-state index in [1.807, 2.05) is 0 Å². The zero-order chi connectivity index (χ0) is 14.3. The summed E-state index contributed by atoms with van der Waals surface area (Å²) in [6.45, 7) is 0. The van der Waals surface area contributed by atoms with Crippen LogP contribution in [0.15, 0.2) is 56.9 Å². The lowest BCUT2D eigenvalue weighted by molar-refractivity contribution is 0.591. The van der Waals surface area contributed by atoms with Crippen LogP contribution in [0, 0.1) is 5.82 Å². The zero-order valence-electron chi connectivity index (χ0n) is 9.97. The smallest absolute Gasteiger partial charge is 0.226 e. The van der Waals surface area contributed by atoms with Crippen molar-refractivity contribution in [2.75, 3.05) is 0 Å². The maximum atomic E-state index is 12.9. The van der Waals surface area contributed by atoms with E-state index in [-0.39, 0.29) is 9.92 Å². The molecule has 0 fully saturated rings. The van der Waals surface area contributed by atoms with Gasteiger partial charge in [-0.25, -0.2) is 12.8 Å².